The van der Waals surface area contributed by atoms with Crippen LogP contribution in [0.4, 0.5) is 10.1 Å². The zero-order chi connectivity index (χ0) is 28.2. The van der Waals surface area contributed by atoms with E-state index in [-0.39, 0.29) is 29.5 Å². The topological polar surface area (TPSA) is 61.4 Å². The standard InChI is InChI=1S/C35H32FN3O2/c36-31-14-16-32(17-15-31)38-35(41)30-19-29(34(40)37-20-28-10-5-9-26-7-3-4-11-33(26)28)22-39(23-30)21-24-12-13-25-6-1-2-8-27(25)18-24/h1-18,29-30H,19-23H2,(H,37,40)(H,38,41)/t29-,30+/m0/s1. The summed E-state index contributed by atoms with van der Waals surface area (Å²) in [5, 5.41) is 10.7. The highest BCUT2D eigenvalue weighted by Crippen LogP contribution is 2.27. The molecular weight excluding hydrogens is 513 g/mol. The Morgan fingerprint density at radius 2 is 1.41 bits per heavy atom. The predicted octanol–water partition coefficient (Wildman–Crippen LogP) is 6.53. The number of hydrogen-bond donors (Lipinski definition) is 2. The quantitative estimate of drug-likeness (QED) is 0.245. The van der Waals surface area contributed by atoms with Gasteiger partial charge in [-0.05, 0) is 69.4 Å². The number of anilines is 1. The summed E-state index contributed by atoms with van der Waals surface area (Å²) in [6.07, 6.45) is 0.447. The molecule has 1 aliphatic rings. The van der Waals surface area contributed by atoms with E-state index in [0.29, 0.717) is 38.3 Å². The van der Waals surface area contributed by atoms with Gasteiger partial charge in [0.1, 0.15) is 5.82 Å². The number of amides is 2. The summed E-state index contributed by atoms with van der Waals surface area (Å²) >= 11 is 0. The lowest BCUT2D eigenvalue weighted by Crippen LogP contribution is -2.48. The minimum absolute atomic E-state index is 0.0549. The Bertz CT molecular complexity index is 1700. The van der Waals surface area contributed by atoms with Crippen molar-refractivity contribution in [2.75, 3.05) is 18.4 Å². The SMILES string of the molecule is O=C(NCc1cccc2ccccc12)[C@H]1C[C@@H](C(=O)Nc2ccc(F)cc2)CN(Cc2ccc3ccccc3c2)C1. The number of halogens is 1. The molecule has 0 unspecified atom stereocenters. The molecule has 6 heteroatoms. The lowest BCUT2D eigenvalue weighted by molar-refractivity contribution is -0.130. The van der Waals surface area contributed by atoms with Crippen molar-refractivity contribution in [3.63, 3.8) is 0 Å². The number of carbonyl (C=O) groups is 2. The van der Waals surface area contributed by atoms with Gasteiger partial charge in [0.2, 0.25) is 11.8 Å². The third kappa shape index (κ3) is 6.28. The fourth-order valence-electron chi connectivity index (χ4n) is 5.85. The van der Waals surface area contributed by atoms with Crippen LogP contribution in [-0.2, 0) is 22.7 Å². The van der Waals surface area contributed by atoms with Crippen molar-refractivity contribution < 1.29 is 14.0 Å². The van der Waals surface area contributed by atoms with Gasteiger partial charge in [-0.2, -0.15) is 0 Å². The van der Waals surface area contributed by atoms with E-state index in [4.69, 9.17) is 0 Å². The van der Waals surface area contributed by atoms with Crippen LogP contribution in [0.3, 0.4) is 0 Å². The van der Waals surface area contributed by atoms with Gasteiger partial charge in [-0.15, -0.1) is 0 Å². The Kier molecular flexibility index (Phi) is 7.74. The molecule has 6 rings (SSSR count). The lowest BCUT2D eigenvalue weighted by atomic mass is 9.87. The van der Waals surface area contributed by atoms with E-state index < -0.39 is 0 Å². The number of nitrogens with zero attached hydrogens (tertiary/aromatic N) is 1. The molecule has 41 heavy (non-hydrogen) atoms. The first-order valence-electron chi connectivity index (χ1n) is 14.0. The van der Waals surface area contributed by atoms with Crippen molar-refractivity contribution in [1.29, 1.82) is 0 Å². The van der Waals surface area contributed by atoms with Gasteiger partial charge < -0.3 is 10.6 Å². The maximum Gasteiger partial charge on any atom is 0.228 e. The first kappa shape index (κ1) is 26.7. The summed E-state index contributed by atoms with van der Waals surface area (Å²) < 4.78 is 13.4. The summed E-state index contributed by atoms with van der Waals surface area (Å²) in [4.78, 5) is 29.1. The number of likely N-dealkylation sites (tertiary alicyclic amines) is 1. The van der Waals surface area contributed by atoms with E-state index >= 15 is 0 Å². The molecule has 0 bridgehead atoms. The predicted molar refractivity (Wildman–Crippen MR) is 162 cm³/mol. The molecule has 206 valence electrons. The average Bonchev–Trinajstić information content (AvgIpc) is 3.00. The van der Waals surface area contributed by atoms with Crippen LogP contribution in [0.25, 0.3) is 21.5 Å². The molecule has 2 atom stereocenters. The van der Waals surface area contributed by atoms with Crippen LogP contribution in [0.15, 0.2) is 109 Å². The van der Waals surface area contributed by atoms with E-state index in [0.717, 1.165) is 27.3 Å². The lowest BCUT2D eigenvalue weighted by Gasteiger charge is -2.36. The van der Waals surface area contributed by atoms with Crippen LogP contribution in [0.2, 0.25) is 0 Å². The fraction of sp³-hybridized carbons (Fsp3) is 0.200. The molecule has 5 aromatic rings. The minimum atomic E-state index is -0.387. The maximum atomic E-state index is 13.5. The Morgan fingerprint density at radius 1 is 0.732 bits per heavy atom. The summed E-state index contributed by atoms with van der Waals surface area (Å²) in [7, 11) is 0. The van der Waals surface area contributed by atoms with Gasteiger partial charge in [-0.3, -0.25) is 14.5 Å². The number of benzene rings is 5. The van der Waals surface area contributed by atoms with Crippen LogP contribution in [0, 0.1) is 17.7 Å². The Balaban J connectivity index is 1.19. The van der Waals surface area contributed by atoms with Gasteiger partial charge >= 0.3 is 0 Å². The zero-order valence-corrected chi connectivity index (χ0v) is 22.7. The second kappa shape index (κ2) is 11.9. The monoisotopic (exact) mass is 545 g/mol. The van der Waals surface area contributed by atoms with Crippen LogP contribution in [-0.4, -0.2) is 29.8 Å². The largest absolute Gasteiger partial charge is 0.352 e. The normalized spacial score (nSPS) is 17.4. The van der Waals surface area contributed by atoms with Gasteiger partial charge in [0, 0.05) is 31.9 Å². The highest BCUT2D eigenvalue weighted by molar-refractivity contribution is 5.93. The molecule has 1 fully saturated rings. The molecule has 0 spiro atoms. The summed E-state index contributed by atoms with van der Waals surface area (Å²) in [6.45, 7) is 2.16. The van der Waals surface area contributed by atoms with E-state index in [1.807, 2.05) is 36.4 Å². The zero-order valence-electron chi connectivity index (χ0n) is 22.7. The van der Waals surface area contributed by atoms with E-state index in [9.17, 15) is 14.0 Å². The molecule has 1 saturated heterocycles. The minimum Gasteiger partial charge on any atom is -0.352 e. The molecule has 2 N–H and O–H groups in total. The molecule has 0 radical (unpaired) electrons. The van der Waals surface area contributed by atoms with Crippen molar-refractivity contribution in [2.24, 2.45) is 11.8 Å². The molecular formula is C35H32FN3O2. The highest BCUT2D eigenvalue weighted by atomic mass is 19.1. The van der Waals surface area contributed by atoms with Crippen molar-refractivity contribution >= 4 is 39.0 Å². The molecule has 2 amide bonds. The third-order valence-corrected chi connectivity index (χ3v) is 7.93. The van der Waals surface area contributed by atoms with Crippen LogP contribution in [0.5, 0.6) is 0 Å². The number of piperidine rings is 1. The number of carbonyl (C=O) groups excluding carboxylic acids is 2. The average molecular weight is 546 g/mol. The van der Waals surface area contributed by atoms with Gasteiger partial charge in [-0.25, -0.2) is 4.39 Å². The van der Waals surface area contributed by atoms with Crippen molar-refractivity contribution in [3.8, 4) is 0 Å². The second-order valence-corrected chi connectivity index (χ2v) is 10.9. The van der Waals surface area contributed by atoms with Gasteiger partial charge in [0.05, 0.1) is 11.8 Å². The Labute approximate surface area is 239 Å². The van der Waals surface area contributed by atoms with Crippen LogP contribution < -0.4 is 10.6 Å². The summed E-state index contributed by atoms with van der Waals surface area (Å²) in [6, 6.07) is 34.6. The Hall–Kier alpha value is -4.55. The first-order chi connectivity index (χ1) is 20.0. The summed E-state index contributed by atoms with van der Waals surface area (Å²) in [5.41, 5.74) is 2.74. The van der Waals surface area contributed by atoms with E-state index in [2.05, 4.69) is 64.1 Å². The smallest absolute Gasteiger partial charge is 0.228 e. The first-order valence-corrected chi connectivity index (χ1v) is 14.0. The fourth-order valence-corrected chi connectivity index (χ4v) is 5.85. The molecule has 0 aliphatic carbocycles. The van der Waals surface area contributed by atoms with Gasteiger partial charge in [0.25, 0.3) is 0 Å². The highest BCUT2D eigenvalue weighted by Gasteiger charge is 2.35. The van der Waals surface area contributed by atoms with Gasteiger partial charge in [0.15, 0.2) is 0 Å². The van der Waals surface area contributed by atoms with E-state index in [1.54, 1.807) is 12.1 Å². The van der Waals surface area contributed by atoms with Gasteiger partial charge in [-0.1, -0.05) is 78.9 Å². The molecule has 1 heterocycles. The van der Waals surface area contributed by atoms with Crippen LogP contribution in [0.1, 0.15) is 17.5 Å². The second-order valence-electron chi connectivity index (χ2n) is 10.9. The third-order valence-electron chi connectivity index (χ3n) is 7.93. The van der Waals surface area contributed by atoms with Crippen molar-refractivity contribution in [2.45, 2.75) is 19.5 Å². The Morgan fingerprint density at radius 3 is 2.22 bits per heavy atom. The number of nitrogens with one attached hydrogen (secondary N) is 2. The number of rotatable bonds is 7. The number of fused-ring (bicyclic) bond motifs is 2. The van der Waals surface area contributed by atoms with E-state index in [1.165, 1.54) is 17.5 Å². The number of hydrogen-bond acceptors (Lipinski definition) is 3. The molecule has 0 saturated carbocycles. The molecule has 0 aromatic heterocycles. The van der Waals surface area contributed by atoms with Crippen molar-refractivity contribution in [1.82, 2.24) is 10.2 Å². The van der Waals surface area contributed by atoms with Crippen molar-refractivity contribution in [3.05, 3.63) is 126 Å². The molecule has 1 aliphatic heterocycles. The summed E-state index contributed by atoms with van der Waals surface area (Å²) in [5.74, 6) is -1.30. The molecule has 5 nitrogen and oxygen atoms in total. The van der Waals surface area contributed by atoms with Crippen LogP contribution >= 0.6 is 0 Å². The maximum absolute atomic E-state index is 13.5. The molecule has 5 aromatic carbocycles.